The van der Waals surface area contributed by atoms with Gasteiger partial charge in [-0.25, -0.2) is 0 Å². The van der Waals surface area contributed by atoms with Crippen LogP contribution in [-0.4, -0.2) is 16.3 Å². The Morgan fingerprint density at radius 2 is 1.73 bits per heavy atom. The van der Waals surface area contributed by atoms with Gasteiger partial charge in [-0.05, 0) is 6.07 Å². The molecular weight excluding hydrogens is 206 g/mol. The highest BCUT2D eigenvalue weighted by molar-refractivity contribution is 5.74. The predicted molar refractivity (Wildman–Crippen MR) is 49.4 cm³/mol. The molecule has 15 heavy (non-hydrogen) atoms. The molecular formula is C7H5N3O5. The molecule has 8 heteroatoms. The number of hydrogen-bond acceptors (Lipinski definition) is 5. The van der Waals surface area contributed by atoms with Crippen LogP contribution in [0.5, 0.6) is 0 Å². The number of amides is 1. The van der Waals surface area contributed by atoms with Crippen LogP contribution in [0.1, 0.15) is 0 Å². The smallest absolute Gasteiger partial charge is 0.328 e. The first-order chi connectivity index (χ1) is 7.06. The summed E-state index contributed by atoms with van der Waals surface area (Å²) in [6.45, 7) is 0. The molecule has 8 nitrogen and oxygen atoms in total. The number of nitro groups is 2. The van der Waals surface area contributed by atoms with E-state index >= 15 is 0 Å². The lowest BCUT2D eigenvalue weighted by Crippen LogP contribution is -1.99. The lowest BCUT2D eigenvalue weighted by molar-refractivity contribution is -0.422. The van der Waals surface area contributed by atoms with E-state index in [1.165, 1.54) is 6.07 Å². The van der Waals surface area contributed by atoms with Gasteiger partial charge in [0, 0.05) is 17.8 Å². The number of benzene rings is 1. The van der Waals surface area contributed by atoms with E-state index in [0.29, 0.717) is 6.41 Å². The molecule has 0 saturated heterocycles. The van der Waals surface area contributed by atoms with Gasteiger partial charge in [0.25, 0.3) is 0 Å². The quantitative estimate of drug-likeness (QED) is 0.454. The Balaban J connectivity index is 3.26. The highest BCUT2D eigenvalue weighted by Crippen LogP contribution is 2.29. The molecule has 0 spiro atoms. The molecule has 0 saturated carbocycles. The molecule has 0 radical (unpaired) electrons. The second-order valence-electron chi connectivity index (χ2n) is 2.48. The van der Waals surface area contributed by atoms with E-state index in [9.17, 15) is 25.0 Å². The third-order valence-corrected chi connectivity index (χ3v) is 1.59. The monoisotopic (exact) mass is 211 g/mol. The number of nitrogens with one attached hydrogen (secondary N) is 1. The highest BCUT2D eigenvalue weighted by Gasteiger charge is 2.23. The molecule has 78 valence electrons. The van der Waals surface area contributed by atoms with E-state index in [2.05, 4.69) is 5.32 Å². The van der Waals surface area contributed by atoms with Crippen molar-refractivity contribution < 1.29 is 14.6 Å². The Morgan fingerprint density at radius 1 is 1.13 bits per heavy atom. The van der Waals surface area contributed by atoms with Crippen molar-refractivity contribution in [3.05, 3.63) is 38.4 Å². The van der Waals surface area contributed by atoms with Gasteiger partial charge in [-0.15, -0.1) is 0 Å². The molecule has 0 bridgehead atoms. The fourth-order valence-electron chi connectivity index (χ4n) is 0.982. The SMILES string of the molecule is O=CNc1ccc([N+](=O)[O-])c([N+](=O)[O-])c1. The van der Waals surface area contributed by atoms with E-state index < -0.39 is 21.2 Å². The summed E-state index contributed by atoms with van der Waals surface area (Å²) >= 11 is 0. The summed E-state index contributed by atoms with van der Waals surface area (Å²) in [5, 5.41) is 23.0. The molecule has 1 aromatic rings. The Kier molecular flexibility index (Phi) is 2.91. The van der Waals surface area contributed by atoms with E-state index in [4.69, 9.17) is 0 Å². The number of hydrogen-bond donors (Lipinski definition) is 1. The number of carbonyl (C=O) groups is 1. The summed E-state index contributed by atoms with van der Waals surface area (Å²) in [6, 6.07) is 3.09. The van der Waals surface area contributed by atoms with Crippen LogP contribution >= 0.6 is 0 Å². The van der Waals surface area contributed by atoms with Gasteiger partial charge in [-0.3, -0.25) is 25.0 Å². The summed E-state index contributed by atoms with van der Waals surface area (Å²) in [7, 11) is 0. The van der Waals surface area contributed by atoms with Crippen molar-refractivity contribution in [3.8, 4) is 0 Å². The van der Waals surface area contributed by atoms with Crippen LogP contribution in [0.3, 0.4) is 0 Å². The second-order valence-corrected chi connectivity index (χ2v) is 2.48. The molecule has 0 aliphatic carbocycles. The summed E-state index contributed by atoms with van der Waals surface area (Å²) in [4.78, 5) is 29.2. The van der Waals surface area contributed by atoms with Crippen molar-refractivity contribution in [2.75, 3.05) is 5.32 Å². The van der Waals surface area contributed by atoms with E-state index in [-0.39, 0.29) is 5.69 Å². The molecule has 1 aromatic carbocycles. The second kappa shape index (κ2) is 4.13. The van der Waals surface area contributed by atoms with Crippen LogP contribution in [0.2, 0.25) is 0 Å². The van der Waals surface area contributed by atoms with Gasteiger partial charge in [0.15, 0.2) is 0 Å². The van der Waals surface area contributed by atoms with Crippen LogP contribution in [0.15, 0.2) is 18.2 Å². The predicted octanol–water partition coefficient (Wildman–Crippen LogP) is 1.07. The van der Waals surface area contributed by atoms with Crippen LogP contribution in [0.4, 0.5) is 17.1 Å². The number of nitro benzene ring substituents is 2. The minimum atomic E-state index is -0.881. The molecule has 0 fully saturated rings. The molecule has 0 atom stereocenters. The highest BCUT2D eigenvalue weighted by atomic mass is 16.6. The lowest BCUT2D eigenvalue weighted by Gasteiger charge is -1.98. The lowest BCUT2D eigenvalue weighted by atomic mass is 10.2. The zero-order valence-corrected chi connectivity index (χ0v) is 7.25. The minimum Gasteiger partial charge on any atom is -0.328 e. The van der Waals surface area contributed by atoms with E-state index in [1.54, 1.807) is 0 Å². The molecule has 0 aromatic heterocycles. The van der Waals surface area contributed by atoms with Crippen molar-refractivity contribution in [1.82, 2.24) is 0 Å². The molecule has 1 N–H and O–H groups in total. The third kappa shape index (κ3) is 2.24. The van der Waals surface area contributed by atoms with Gasteiger partial charge in [0.2, 0.25) is 6.41 Å². The summed E-state index contributed by atoms with van der Waals surface area (Å²) in [5.41, 5.74) is -1.15. The zero-order chi connectivity index (χ0) is 11.4. The molecule has 1 rings (SSSR count). The first kappa shape index (κ1) is 10.6. The maximum Gasteiger partial charge on any atom is 0.348 e. The Labute approximate surface area is 82.8 Å². The number of anilines is 1. The van der Waals surface area contributed by atoms with Crippen LogP contribution in [0, 0.1) is 20.2 Å². The fraction of sp³-hybridized carbons (Fsp3) is 0. The summed E-state index contributed by atoms with van der Waals surface area (Å²) in [6.07, 6.45) is 0.324. The molecule has 0 heterocycles. The number of nitrogens with zero attached hydrogens (tertiary/aromatic N) is 2. The van der Waals surface area contributed by atoms with Crippen LogP contribution in [0.25, 0.3) is 0 Å². The first-order valence-corrected chi connectivity index (χ1v) is 3.69. The summed E-state index contributed by atoms with van der Waals surface area (Å²) in [5.74, 6) is 0. The van der Waals surface area contributed by atoms with Crippen molar-refractivity contribution in [2.45, 2.75) is 0 Å². The van der Waals surface area contributed by atoms with E-state index in [0.717, 1.165) is 12.1 Å². The van der Waals surface area contributed by atoms with E-state index in [1.807, 2.05) is 0 Å². The standard InChI is InChI=1S/C7H5N3O5/c11-4-8-5-1-2-6(9(12)13)7(3-5)10(14)15/h1-4H,(H,8,11). The Hall–Kier alpha value is -2.51. The fourth-order valence-corrected chi connectivity index (χ4v) is 0.982. The van der Waals surface area contributed by atoms with Crippen LogP contribution in [-0.2, 0) is 4.79 Å². The van der Waals surface area contributed by atoms with Crippen molar-refractivity contribution in [3.63, 3.8) is 0 Å². The normalized spacial score (nSPS) is 9.33. The zero-order valence-electron chi connectivity index (χ0n) is 7.25. The topological polar surface area (TPSA) is 115 Å². The van der Waals surface area contributed by atoms with Gasteiger partial charge in [-0.2, -0.15) is 0 Å². The molecule has 0 aliphatic rings. The Bertz CT molecular complexity index is 431. The van der Waals surface area contributed by atoms with Crippen LogP contribution < -0.4 is 5.32 Å². The van der Waals surface area contributed by atoms with Crippen molar-refractivity contribution in [1.29, 1.82) is 0 Å². The largest absolute Gasteiger partial charge is 0.348 e. The number of carbonyl (C=O) groups excluding carboxylic acids is 1. The van der Waals surface area contributed by atoms with Gasteiger partial charge in [0.05, 0.1) is 9.85 Å². The van der Waals surface area contributed by atoms with Gasteiger partial charge >= 0.3 is 11.4 Å². The van der Waals surface area contributed by atoms with Gasteiger partial charge < -0.3 is 5.32 Å². The third-order valence-electron chi connectivity index (χ3n) is 1.59. The maximum absolute atomic E-state index is 10.5. The minimum absolute atomic E-state index is 0.127. The number of rotatable bonds is 4. The van der Waals surface area contributed by atoms with Crippen molar-refractivity contribution in [2.24, 2.45) is 0 Å². The average molecular weight is 211 g/mol. The molecule has 1 amide bonds. The first-order valence-electron chi connectivity index (χ1n) is 3.69. The average Bonchev–Trinajstić information content (AvgIpc) is 2.17. The molecule has 0 unspecified atom stereocenters. The van der Waals surface area contributed by atoms with Crippen molar-refractivity contribution >= 4 is 23.5 Å². The van der Waals surface area contributed by atoms with Gasteiger partial charge in [0.1, 0.15) is 0 Å². The molecule has 0 aliphatic heterocycles. The van der Waals surface area contributed by atoms with Gasteiger partial charge in [-0.1, -0.05) is 0 Å². The maximum atomic E-state index is 10.5. The Morgan fingerprint density at radius 3 is 2.20 bits per heavy atom. The summed E-state index contributed by atoms with van der Waals surface area (Å²) < 4.78 is 0.